The van der Waals surface area contributed by atoms with E-state index in [2.05, 4.69) is 34.4 Å². The highest BCUT2D eigenvalue weighted by atomic mass is 19.1. The first-order chi connectivity index (χ1) is 13.1. The van der Waals surface area contributed by atoms with Crippen molar-refractivity contribution < 1.29 is 13.9 Å². The van der Waals surface area contributed by atoms with E-state index >= 15 is 0 Å². The SMILES string of the molecule is CN=C(NCCc1cc(F)cc2c1OCOC2)NC1CCN(C(C)C)CC1. The van der Waals surface area contributed by atoms with Gasteiger partial charge in [-0.2, -0.15) is 0 Å². The van der Waals surface area contributed by atoms with Gasteiger partial charge in [-0.25, -0.2) is 4.39 Å². The van der Waals surface area contributed by atoms with Crippen LogP contribution in [0.25, 0.3) is 0 Å². The molecule has 1 aromatic carbocycles. The number of rotatable bonds is 5. The quantitative estimate of drug-likeness (QED) is 0.608. The molecule has 0 atom stereocenters. The van der Waals surface area contributed by atoms with Crippen LogP contribution in [0.3, 0.4) is 0 Å². The summed E-state index contributed by atoms with van der Waals surface area (Å²) in [5.74, 6) is 1.30. The van der Waals surface area contributed by atoms with E-state index in [0.717, 1.165) is 48.8 Å². The first-order valence-corrected chi connectivity index (χ1v) is 9.80. The van der Waals surface area contributed by atoms with Crippen molar-refractivity contribution in [2.45, 2.75) is 51.8 Å². The monoisotopic (exact) mass is 378 g/mol. The summed E-state index contributed by atoms with van der Waals surface area (Å²) in [5, 5.41) is 6.85. The van der Waals surface area contributed by atoms with Gasteiger partial charge >= 0.3 is 0 Å². The van der Waals surface area contributed by atoms with E-state index in [4.69, 9.17) is 9.47 Å². The van der Waals surface area contributed by atoms with Crippen molar-refractivity contribution in [1.29, 1.82) is 0 Å². The van der Waals surface area contributed by atoms with Crippen LogP contribution in [0.1, 0.15) is 37.8 Å². The Bertz CT molecular complexity index is 658. The smallest absolute Gasteiger partial charge is 0.191 e. The van der Waals surface area contributed by atoms with Gasteiger partial charge in [-0.15, -0.1) is 0 Å². The van der Waals surface area contributed by atoms with Crippen molar-refractivity contribution in [3.8, 4) is 5.75 Å². The largest absolute Gasteiger partial charge is 0.467 e. The van der Waals surface area contributed by atoms with E-state index in [9.17, 15) is 4.39 Å². The topological polar surface area (TPSA) is 58.1 Å². The van der Waals surface area contributed by atoms with Gasteiger partial charge in [-0.1, -0.05) is 0 Å². The van der Waals surface area contributed by atoms with Gasteiger partial charge in [0.15, 0.2) is 12.8 Å². The number of aliphatic imine (C=N–C) groups is 1. The highest BCUT2D eigenvalue weighted by Gasteiger charge is 2.21. The molecule has 2 heterocycles. The number of ether oxygens (including phenoxy) is 2. The van der Waals surface area contributed by atoms with Crippen molar-refractivity contribution in [2.24, 2.45) is 4.99 Å². The number of piperidine rings is 1. The third kappa shape index (κ3) is 5.32. The zero-order valence-corrected chi connectivity index (χ0v) is 16.6. The summed E-state index contributed by atoms with van der Waals surface area (Å²) in [6.07, 6.45) is 2.89. The third-order valence-corrected chi connectivity index (χ3v) is 5.26. The molecule has 0 aromatic heterocycles. The fourth-order valence-corrected chi connectivity index (χ4v) is 3.71. The summed E-state index contributed by atoms with van der Waals surface area (Å²) in [4.78, 5) is 6.83. The molecule has 2 N–H and O–H groups in total. The molecule has 0 radical (unpaired) electrons. The Labute approximate surface area is 161 Å². The normalized spacial score (nSPS) is 18.9. The van der Waals surface area contributed by atoms with Crippen LogP contribution in [0.2, 0.25) is 0 Å². The van der Waals surface area contributed by atoms with Crippen molar-refractivity contribution in [3.05, 3.63) is 29.1 Å². The predicted molar refractivity (Wildman–Crippen MR) is 105 cm³/mol. The minimum atomic E-state index is -0.253. The lowest BCUT2D eigenvalue weighted by Gasteiger charge is -2.35. The van der Waals surface area contributed by atoms with Crippen LogP contribution >= 0.6 is 0 Å². The van der Waals surface area contributed by atoms with Gasteiger partial charge in [0.2, 0.25) is 0 Å². The van der Waals surface area contributed by atoms with Gasteiger partial charge in [0.25, 0.3) is 0 Å². The first kappa shape index (κ1) is 19.9. The molecule has 0 spiro atoms. The summed E-state index contributed by atoms with van der Waals surface area (Å²) in [6, 6.07) is 4.07. The van der Waals surface area contributed by atoms with E-state index < -0.39 is 0 Å². The molecule has 0 aliphatic carbocycles. The molecule has 27 heavy (non-hydrogen) atoms. The number of fused-ring (bicyclic) bond motifs is 1. The Morgan fingerprint density at radius 3 is 2.81 bits per heavy atom. The molecular formula is C20H31FN4O2. The zero-order chi connectivity index (χ0) is 19.2. The van der Waals surface area contributed by atoms with Crippen LogP contribution < -0.4 is 15.4 Å². The number of likely N-dealkylation sites (tertiary alicyclic amines) is 1. The van der Waals surface area contributed by atoms with Gasteiger partial charge in [0, 0.05) is 44.3 Å². The van der Waals surface area contributed by atoms with Gasteiger partial charge in [-0.05, 0) is 50.8 Å². The molecule has 2 aliphatic heterocycles. The molecular weight excluding hydrogens is 347 g/mol. The molecule has 3 rings (SSSR count). The summed E-state index contributed by atoms with van der Waals surface area (Å²) in [5.41, 5.74) is 1.64. The molecule has 0 saturated carbocycles. The van der Waals surface area contributed by atoms with Crippen molar-refractivity contribution in [2.75, 3.05) is 33.5 Å². The van der Waals surface area contributed by atoms with Crippen LogP contribution in [0.5, 0.6) is 5.75 Å². The second-order valence-electron chi connectivity index (χ2n) is 7.46. The molecule has 0 unspecified atom stereocenters. The minimum Gasteiger partial charge on any atom is -0.467 e. The fraction of sp³-hybridized carbons (Fsp3) is 0.650. The highest BCUT2D eigenvalue weighted by Crippen LogP contribution is 2.29. The maximum atomic E-state index is 13.8. The summed E-state index contributed by atoms with van der Waals surface area (Å²) < 4.78 is 24.6. The van der Waals surface area contributed by atoms with E-state index in [1.807, 2.05) is 0 Å². The lowest BCUT2D eigenvalue weighted by atomic mass is 10.0. The van der Waals surface area contributed by atoms with Crippen LogP contribution in [0.15, 0.2) is 17.1 Å². The summed E-state index contributed by atoms with van der Waals surface area (Å²) >= 11 is 0. The second-order valence-corrected chi connectivity index (χ2v) is 7.46. The van der Waals surface area contributed by atoms with Crippen LogP contribution in [-0.4, -0.2) is 56.4 Å². The van der Waals surface area contributed by atoms with Gasteiger partial charge in [-0.3, -0.25) is 4.99 Å². The van der Waals surface area contributed by atoms with Crippen LogP contribution in [0.4, 0.5) is 4.39 Å². The van der Waals surface area contributed by atoms with E-state index in [1.54, 1.807) is 13.1 Å². The van der Waals surface area contributed by atoms with Crippen LogP contribution in [0, 0.1) is 5.82 Å². The van der Waals surface area contributed by atoms with Crippen molar-refractivity contribution in [3.63, 3.8) is 0 Å². The molecule has 0 amide bonds. The van der Waals surface area contributed by atoms with E-state index in [0.29, 0.717) is 31.7 Å². The number of halogens is 1. The van der Waals surface area contributed by atoms with Crippen molar-refractivity contribution in [1.82, 2.24) is 15.5 Å². The van der Waals surface area contributed by atoms with E-state index in [-0.39, 0.29) is 12.6 Å². The average molecular weight is 378 g/mol. The highest BCUT2D eigenvalue weighted by molar-refractivity contribution is 5.80. The number of nitrogens with one attached hydrogen (secondary N) is 2. The Morgan fingerprint density at radius 1 is 1.33 bits per heavy atom. The zero-order valence-electron chi connectivity index (χ0n) is 16.6. The minimum absolute atomic E-state index is 0.220. The number of hydrogen-bond donors (Lipinski definition) is 2. The van der Waals surface area contributed by atoms with Gasteiger partial charge in [0.05, 0.1) is 6.61 Å². The molecule has 1 fully saturated rings. The fourth-order valence-electron chi connectivity index (χ4n) is 3.71. The first-order valence-electron chi connectivity index (χ1n) is 9.80. The Morgan fingerprint density at radius 2 is 2.11 bits per heavy atom. The summed E-state index contributed by atoms with van der Waals surface area (Å²) in [7, 11) is 1.78. The molecule has 6 nitrogen and oxygen atoms in total. The number of guanidine groups is 1. The molecule has 0 bridgehead atoms. The second kappa shape index (κ2) is 9.37. The van der Waals surface area contributed by atoms with Crippen LogP contribution in [-0.2, 0) is 17.8 Å². The lowest BCUT2D eigenvalue weighted by Crippen LogP contribution is -2.50. The predicted octanol–water partition coefficient (Wildman–Crippen LogP) is 2.27. The summed E-state index contributed by atoms with van der Waals surface area (Å²) in [6.45, 7) is 7.99. The molecule has 150 valence electrons. The number of hydrogen-bond acceptors (Lipinski definition) is 4. The average Bonchev–Trinajstić information content (AvgIpc) is 2.67. The Balaban J connectivity index is 1.49. The van der Waals surface area contributed by atoms with Gasteiger partial charge < -0.3 is 25.0 Å². The maximum absolute atomic E-state index is 13.8. The van der Waals surface area contributed by atoms with Gasteiger partial charge in [0.1, 0.15) is 11.6 Å². The Hall–Kier alpha value is -1.86. The molecule has 1 saturated heterocycles. The van der Waals surface area contributed by atoms with Crippen molar-refractivity contribution >= 4 is 5.96 Å². The number of nitrogens with zero attached hydrogens (tertiary/aromatic N) is 2. The maximum Gasteiger partial charge on any atom is 0.191 e. The lowest BCUT2D eigenvalue weighted by molar-refractivity contribution is -0.0172. The molecule has 7 heteroatoms. The van der Waals surface area contributed by atoms with E-state index in [1.165, 1.54) is 6.07 Å². The standard InChI is InChI=1S/C20H31FN4O2/c1-14(2)25-8-5-18(6-9-25)24-20(22-3)23-7-4-15-10-17(21)11-16-12-26-13-27-19(15)16/h10-11,14,18H,4-9,12-13H2,1-3H3,(H2,22,23,24). The number of benzene rings is 1. The third-order valence-electron chi connectivity index (χ3n) is 5.26. The molecule has 1 aromatic rings. The Kier molecular flexibility index (Phi) is 6.90. The molecule has 2 aliphatic rings.